The summed E-state index contributed by atoms with van der Waals surface area (Å²) in [7, 11) is 0. The first kappa shape index (κ1) is 11.7. The molecule has 0 heterocycles. The fourth-order valence-corrected chi connectivity index (χ4v) is 1.30. The summed E-state index contributed by atoms with van der Waals surface area (Å²) in [4.78, 5) is 14.7. The number of rotatable bonds is 4. The molecule has 0 atom stereocenters. The number of nitrogens with zero attached hydrogens (tertiary/aromatic N) is 3. The van der Waals surface area contributed by atoms with E-state index in [2.05, 4.69) is 15.1 Å². The van der Waals surface area contributed by atoms with Gasteiger partial charge in [0, 0.05) is 0 Å². The van der Waals surface area contributed by atoms with Crippen LogP contribution in [0, 0.1) is 10.1 Å². The number of benzene rings is 2. The van der Waals surface area contributed by atoms with Crippen LogP contribution in [-0.4, -0.2) is 5.09 Å². The molecule has 2 rings (SSSR count). The van der Waals surface area contributed by atoms with Gasteiger partial charge in [0.05, 0.1) is 5.69 Å². The maximum Gasteiger partial charge on any atom is 0.299 e. The van der Waals surface area contributed by atoms with Crippen molar-refractivity contribution in [2.24, 2.45) is 10.2 Å². The molecule has 18 heavy (non-hydrogen) atoms. The third-order valence-electron chi connectivity index (χ3n) is 2.07. The Labute approximate surface area is 103 Å². The average molecular weight is 243 g/mol. The van der Waals surface area contributed by atoms with Gasteiger partial charge < -0.3 is 0 Å². The predicted octanol–water partition coefficient (Wildman–Crippen LogP) is 3.67. The van der Waals surface area contributed by atoms with E-state index in [-0.39, 0.29) is 5.75 Å². The lowest BCUT2D eigenvalue weighted by atomic mass is 10.3. The number of para-hydroxylation sites is 1. The van der Waals surface area contributed by atoms with Gasteiger partial charge in [-0.25, -0.2) is 0 Å². The average Bonchev–Trinajstić information content (AvgIpc) is 2.38. The molecule has 0 radical (unpaired) electrons. The van der Waals surface area contributed by atoms with Gasteiger partial charge in [0.15, 0.2) is 5.75 Å². The number of hydrogen-bond acceptors (Lipinski definition) is 5. The van der Waals surface area contributed by atoms with E-state index < -0.39 is 5.09 Å². The Kier molecular flexibility index (Phi) is 3.60. The standard InChI is InChI=1S/C12H9N3O3/c16-15(17)18-12-9-5-4-8-11(12)14-13-10-6-2-1-3-7-10/h1-9H. The zero-order chi connectivity index (χ0) is 12.8. The van der Waals surface area contributed by atoms with Crippen LogP contribution in [0.25, 0.3) is 0 Å². The molecule has 6 nitrogen and oxygen atoms in total. The van der Waals surface area contributed by atoms with Crippen LogP contribution in [0.2, 0.25) is 0 Å². The van der Waals surface area contributed by atoms with Crippen molar-refractivity contribution < 1.29 is 9.92 Å². The van der Waals surface area contributed by atoms with E-state index in [0.717, 1.165) is 0 Å². The lowest BCUT2D eigenvalue weighted by Gasteiger charge is -2.00. The molecule has 0 aliphatic carbocycles. The van der Waals surface area contributed by atoms with E-state index in [0.29, 0.717) is 11.4 Å². The molecule has 2 aromatic carbocycles. The Hall–Kier alpha value is -2.76. The summed E-state index contributed by atoms with van der Waals surface area (Å²) in [6.45, 7) is 0. The monoisotopic (exact) mass is 243 g/mol. The van der Waals surface area contributed by atoms with Crippen LogP contribution in [0.3, 0.4) is 0 Å². The van der Waals surface area contributed by atoms with Gasteiger partial charge in [-0.2, -0.15) is 5.11 Å². The Morgan fingerprint density at radius 2 is 1.61 bits per heavy atom. The minimum Gasteiger partial charge on any atom is -0.274 e. The summed E-state index contributed by atoms with van der Waals surface area (Å²) in [6.07, 6.45) is 0. The first-order valence-electron chi connectivity index (χ1n) is 5.14. The van der Waals surface area contributed by atoms with Crippen molar-refractivity contribution in [3.8, 4) is 5.75 Å². The fourth-order valence-electron chi connectivity index (χ4n) is 1.30. The van der Waals surface area contributed by atoms with Crippen molar-refractivity contribution in [1.82, 2.24) is 0 Å². The molecule has 0 amide bonds. The van der Waals surface area contributed by atoms with Crippen LogP contribution in [0.4, 0.5) is 11.4 Å². The minimum atomic E-state index is -0.878. The van der Waals surface area contributed by atoms with Crippen LogP contribution in [0.1, 0.15) is 0 Å². The lowest BCUT2D eigenvalue weighted by Crippen LogP contribution is -2.03. The molecule has 0 saturated carbocycles. The quantitative estimate of drug-likeness (QED) is 0.467. The molecule has 6 heteroatoms. The highest BCUT2D eigenvalue weighted by Crippen LogP contribution is 2.28. The zero-order valence-electron chi connectivity index (χ0n) is 9.26. The Morgan fingerprint density at radius 3 is 2.33 bits per heavy atom. The normalized spacial score (nSPS) is 10.4. The van der Waals surface area contributed by atoms with E-state index in [1.807, 2.05) is 18.2 Å². The van der Waals surface area contributed by atoms with Crippen molar-refractivity contribution >= 4 is 11.4 Å². The van der Waals surface area contributed by atoms with Gasteiger partial charge in [0.1, 0.15) is 5.69 Å². The molecular weight excluding hydrogens is 234 g/mol. The molecule has 0 bridgehead atoms. The minimum absolute atomic E-state index is 0.0576. The van der Waals surface area contributed by atoms with Crippen LogP contribution in [-0.2, 0) is 0 Å². The third-order valence-corrected chi connectivity index (χ3v) is 2.07. The summed E-state index contributed by atoms with van der Waals surface area (Å²) in [5.41, 5.74) is 0.964. The van der Waals surface area contributed by atoms with Gasteiger partial charge in [0.25, 0.3) is 5.09 Å². The maximum atomic E-state index is 10.3. The molecule has 90 valence electrons. The highest BCUT2D eigenvalue weighted by molar-refractivity contribution is 5.51. The lowest BCUT2D eigenvalue weighted by molar-refractivity contribution is -0.710. The smallest absolute Gasteiger partial charge is 0.274 e. The topological polar surface area (TPSA) is 77.1 Å². The summed E-state index contributed by atoms with van der Waals surface area (Å²) in [5.74, 6) is 0.0576. The second kappa shape index (κ2) is 5.53. The van der Waals surface area contributed by atoms with Gasteiger partial charge in [-0.1, -0.05) is 30.3 Å². The second-order valence-electron chi connectivity index (χ2n) is 3.32. The molecular formula is C12H9N3O3. The SMILES string of the molecule is O=[N+]([O-])Oc1ccccc1N=Nc1ccccc1. The van der Waals surface area contributed by atoms with E-state index in [1.165, 1.54) is 6.07 Å². The van der Waals surface area contributed by atoms with E-state index in [1.54, 1.807) is 30.3 Å². The Balaban J connectivity index is 2.23. The summed E-state index contributed by atoms with van der Waals surface area (Å²) >= 11 is 0. The molecule has 2 aromatic rings. The summed E-state index contributed by atoms with van der Waals surface area (Å²) in [5, 5.41) is 17.3. The highest BCUT2D eigenvalue weighted by atomic mass is 17.0. The first-order chi connectivity index (χ1) is 8.75. The molecule has 0 spiro atoms. The maximum absolute atomic E-state index is 10.3. The first-order valence-corrected chi connectivity index (χ1v) is 5.14. The van der Waals surface area contributed by atoms with Crippen LogP contribution in [0.5, 0.6) is 5.75 Å². The highest BCUT2D eigenvalue weighted by Gasteiger charge is 2.05. The van der Waals surface area contributed by atoms with Gasteiger partial charge in [-0.3, -0.25) is 4.84 Å². The molecule has 0 N–H and O–H groups in total. The van der Waals surface area contributed by atoms with Gasteiger partial charge in [-0.15, -0.1) is 15.2 Å². The third kappa shape index (κ3) is 3.11. The van der Waals surface area contributed by atoms with Gasteiger partial charge in [0.2, 0.25) is 0 Å². The molecule has 0 fully saturated rings. The van der Waals surface area contributed by atoms with E-state index >= 15 is 0 Å². The molecule has 0 unspecified atom stereocenters. The molecule has 0 aromatic heterocycles. The van der Waals surface area contributed by atoms with Crippen molar-refractivity contribution in [3.05, 3.63) is 64.7 Å². The Morgan fingerprint density at radius 1 is 0.944 bits per heavy atom. The van der Waals surface area contributed by atoms with Crippen LogP contribution >= 0.6 is 0 Å². The predicted molar refractivity (Wildman–Crippen MR) is 64.7 cm³/mol. The summed E-state index contributed by atoms with van der Waals surface area (Å²) < 4.78 is 0. The molecule has 0 saturated heterocycles. The van der Waals surface area contributed by atoms with Crippen LogP contribution < -0.4 is 4.84 Å². The largest absolute Gasteiger partial charge is 0.299 e. The molecule has 0 aliphatic heterocycles. The fraction of sp³-hybridized carbons (Fsp3) is 0. The molecule has 0 aliphatic rings. The second-order valence-corrected chi connectivity index (χ2v) is 3.32. The van der Waals surface area contributed by atoms with Crippen molar-refractivity contribution in [3.63, 3.8) is 0 Å². The number of hydrogen-bond donors (Lipinski definition) is 0. The van der Waals surface area contributed by atoms with Crippen molar-refractivity contribution in [2.75, 3.05) is 0 Å². The van der Waals surface area contributed by atoms with Crippen molar-refractivity contribution in [1.29, 1.82) is 0 Å². The number of azo groups is 1. The van der Waals surface area contributed by atoms with E-state index in [9.17, 15) is 10.1 Å². The van der Waals surface area contributed by atoms with Gasteiger partial charge in [-0.05, 0) is 24.3 Å². The summed E-state index contributed by atoms with van der Waals surface area (Å²) in [6, 6.07) is 15.4. The van der Waals surface area contributed by atoms with E-state index in [4.69, 9.17) is 0 Å². The van der Waals surface area contributed by atoms with Crippen molar-refractivity contribution in [2.45, 2.75) is 0 Å². The zero-order valence-corrected chi connectivity index (χ0v) is 9.26. The van der Waals surface area contributed by atoms with Gasteiger partial charge >= 0.3 is 0 Å². The Bertz CT molecular complexity index is 570. The van der Waals surface area contributed by atoms with Crippen LogP contribution in [0.15, 0.2) is 64.8 Å².